The van der Waals surface area contributed by atoms with E-state index in [1.807, 2.05) is 0 Å². The lowest BCUT2D eigenvalue weighted by Gasteiger charge is -2.02. The van der Waals surface area contributed by atoms with Gasteiger partial charge in [0.05, 0.1) is 0 Å². The predicted molar refractivity (Wildman–Crippen MR) is 51.7 cm³/mol. The number of alkyl halides is 3. The molecule has 5 nitrogen and oxygen atoms in total. The third-order valence-electron chi connectivity index (χ3n) is 1.93. The van der Waals surface area contributed by atoms with Crippen molar-refractivity contribution in [3.8, 4) is 0 Å². The molecule has 0 fully saturated rings. The van der Waals surface area contributed by atoms with Gasteiger partial charge in [0, 0.05) is 11.8 Å². The standard InChI is InChI=1S/C8H5F3N2O3S/c9-8(10,11)17(14,15)7-13-5-2-1-4(12)3-6(5)16-7/h1-3H,12H2. The number of sulfone groups is 1. The topological polar surface area (TPSA) is 86.2 Å². The van der Waals surface area contributed by atoms with E-state index in [4.69, 9.17) is 5.73 Å². The summed E-state index contributed by atoms with van der Waals surface area (Å²) in [6.45, 7) is 0. The van der Waals surface area contributed by atoms with E-state index in [1.54, 1.807) is 0 Å². The van der Waals surface area contributed by atoms with Crippen LogP contribution in [0, 0.1) is 0 Å². The summed E-state index contributed by atoms with van der Waals surface area (Å²) in [5.74, 6) is 0. The number of aromatic nitrogens is 1. The zero-order valence-corrected chi connectivity index (χ0v) is 8.84. The number of fused-ring (bicyclic) bond motifs is 1. The molecule has 0 aliphatic rings. The molecule has 0 radical (unpaired) electrons. The van der Waals surface area contributed by atoms with Crippen LogP contribution in [0.15, 0.2) is 27.8 Å². The summed E-state index contributed by atoms with van der Waals surface area (Å²) >= 11 is 0. The van der Waals surface area contributed by atoms with E-state index in [9.17, 15) is 21.6 Å². The van der Waals surface area contributed by atoms with Crippen LogP contribution < -0.4 is 5.73 Å². The number of anilines is 1. The van der Waals surface area contributed by atoms with Gasteiger partial charge < -0.3 is 10.2 Å². The van der Waals surface area contributed by atoms with Crippen molar-refractivity contribution >= 4 is 26.6 Å². The predicted octanol–water partition coefficient (Wildman–Crippen LogP) is 1.70. The summed E-state index contributed by atoms with van der Waals surface area (Å²) in [6, 6.07) is 3.83. The molecule has 0 saturated heterocycles. The second-order valence-corrected chi connectivity index (χ2v) is 4.98. The summed E-state index contributed by atoms with van der Waals surface area (Å²) in [4.78, 5) is 3.26. The second kappa shape index (κ2) is 3.36. The van der Waals surface area contributed by atoms with Crippen molar-refractivity contribution in [2.24, 2.45) is 0 Å². The summed E-state index contributed by atoms with van der Waals surface area (Å²) in [7, 11) is -5.57. The van der Waals surface area contributed by atoms with Gasteiger partial charge in [0.25, 0.3) is 0 Å². The van der Waals surface area contributed by atoms with E-state index in [0.717, 1.165) is 0 Å². The Morgan fingerprint density at radius 1 is 1.29 bits per heavy atom. The largest absolute Gasteiger partial charge is 0.506 e. The third kappa shape index (κ3) is 1.82. The third-order valence-corrected chi connectivity index (χ3v) is 3.17. The normalized spacial score (nSPS) is 13.1. The minimum Gasteiger partial charge on any atom is -0.428 e. The zero-order chi connectivity index (χ0) is 12.8. The van der Waals surface area contributed by atoms with Gasteiger partial charge >= 0.3 is 20.6 Å². The Hall–Kier alpha value is -1.77. The zero-order valence-electron chi connectivity index (χ0n) is 8.02. The number of nitrogen functional groups attached to an aromatic ring is 1. The van der Waals surface area contributed by atoms with Gasteiger partial charge in [-0.15, -0.1) is 0 Å². The molecule has 1 aromatic carbocycles. The van der Waals surface area contributed by atoms with Crippen LogP contribution in [0.3, 0.4) is 0 Å². The molecule has 9 heteroatoms. The molecule has 17 heavy (non-hydrogen) atoms. The number of oxazole rings is 1. The first kappa shape index (κ1) is 11.7. The lowest BCUT2D eigenvalue weighted by molar-refractivity contribution is -0.0448. The molecule has 0 atom stereocenters. The molecule has 2 rings (SSSR count). The summed E-state index contributed by atoms with van der Waals surface area (Å²) in [6.07, 6.45) is 0. The van der Waals surface area contributed by atoms with Crippen LogP contribution in [0.4, 0.5) is 18.9 Å². The molecule has 0 unspecified atom stereocenters. The Morgan fingerprint density at radius 3 is 2.53 bits per heavy atom. The molecule has 0 spiro atoms. The highest BCUT2D eigenvalue weighted by Crippen LogP contribution is 2.31. The minimum absolute atomic E-state index is 0.0120. The maximum Gasteiger partial charge on any atom is 0.506 e. The average Bonchev–Trinajstić information content (AvgIpc) is 2.58. The Labute approximate surface area is 93.0 Å². The van der Waals surface area contributed by atoms with E-state index >= 15 is 0 Å². The minimum atomic E-state index is -5.57. The molecule has 0 aliphatic heterocycles. The molecule has 2 N–H and O–H groups in total. The van der Waals surface area contributed by atoms with Crippen molar-refractivity contribution in [3.05, 3.63) is 18.2 Å². The van der Waals surface area contributed by atoms with Gasteiger partial charge in [-0.2, -0.15) is 18.2 Å². The fourth-order valence-corrected chi connectivity index (χ4v) is 1.75. The number of nitrogens with two attached hydrogens (primary N) is 1. The molecular weight excluding hydrogens is 261 g/mol. The first-order chi connectivity index (χ1) is 7.72. The number of hydrogen-bond acceptors (Lipinski definition) is 5. The smallest absolute Gasteiger partial charge is 0.428 e. The van der Waals surface area contributed by atoms with Gasteiger partial charge in [0.1, 0.15) is 5.52 Å². The first-order valence-electron chi connectivity index (χ1n) is 4.19. The van der Waals surface area contributed by atoms with Crippen molar-refractivity contribution in [1.82, 2.24) is 4.98 Å². The summed E-state index contributed by atoms with van der Waals surface area (Å²) in [5.41, 5.74) is 0.0202. The van der Waals surface area contributed by atoms with Crippen LogP contribution in [-0.2, 0) is 9.84 Å². The van der Waals surface area contributed by atoms with E-state index in [0.29, 0.717) is 0 Å². The highest BCUT2D eigenvalue weighted by Gasteiger charge is 2.50. The van der Waals surface area contributed by atoms with Crippen LogP contribution >= 0.6 is 0 Å². The van der Waals surface area contributed by atoms with Gasteiger partial charge in [0.2, 0.25) is 0 Å². The summed E-state index contributed by atoms with van der Waals surface area (Å²) < 4.78 is 63.2. The van der Waals surface area contributed by atoms with Gasteiger partial charge in [-0.1, -0.05) is 0 Å². The number of halogens is 3. The Morgan fingerprint density at radius 2 is 1.94 bits per heavy atom. The molecular formula is C8H5F3N2O3S. The van der Waals surface area contributed by atoms with E-state index in [1.165, 1.54) is 18.2 Å². The molecule has 1 aromatic heterocycles. The maximum atomic E-state index is 12.2. The average molecular weight is 266 g/mol. The second-order valence-electron chi connectivity index (χ2n) is 3.16. The summed E-state index contributed by atoms with van der Waals surface area (Å²) in [5, 5.41) is -1.38. The number of benzene rings is 1. The maximum absolute atomic E-state index is 12.2. The lowest BCUT2D eigenvalue weighted by Crippen LogP contribution is -2.23. The Balaban J connectivity index is 2.66. The SMILES string of the molecule is Nc1ccc2nc(S(=O)(=O)C(F)(F)F)oc2c1. The first-order valence-corrected chi connectivity index (χ1v) is 5.67. The quantitative estimate of drug-likeness (QED) is 0.794. The monoisotopic (exact) mass is 266 g/mol. The lowest BCUT2D eigenvalue weighted by atomic mass is 10.3. The Kier molecular flexibility index (Phi) is 2.31. The van der Waals surface area contributed by atoms with Crippen LogP contribution in [0.5, 0.6) is 0 Å². The van der Waals surface area contributed by atoms with Crippen molar-refractivity contribution < 1.29 is 26.0 Å². The highest BCUT2D eigenvalue weighted by molar-refractivity contribution is 7.92. The fraction of sp³-hybridized carbons (Fsp3) is 0.125. The van der Waals surface area contributed by atoms with Crippen LogP contribution in [0.25, 0.3) is 11.1 Å². The van der Waals surface area contributed by atoms with Crippen molar-refractivity contribution in [1.29, 1.82) is 0 Å². The van der Waals surface area contributed by atoms with E-state index in [2.05, 4.69) is 9.40 Å². The van der Waals surface area contributed by atoms with Crippen molar-refractivity contribution in [2.75, 3.05) is 5.73 Å². The number of hydrogen-bond donors (Lipinski definition) is 1. The van der Waals surface area contributed by atoms with Crippen LogP contribution in [-0.4, -0.2) is 18.9 Å². The Bertz CT molecular complexity index is 675. The van der Waals surface area contributed by atoms with Crippen LogP contribution in [0.1, 0.15) is 0 Å². The molecule has 0 amide bonds. The van der Waals surface area contributed by atoms with Gasteiger partial charge in [-0.3, -0.25) is 0 Å². The number of nitrogens with zero attached hydrogens (tertiary/aromatic N) is 1. The van der Waals surface area contributed by atoms with Gasteiger partial charge in [0.15, 0.2) is 5.58 Å². The molecule has 0 aliphatic carbocycles. The fourth-order valence-electron chi connectivity index (χ4n) is 1.13. The molecule has 0 saturated carbocycles. The van der Waals surface area contributed by atoms with Gasteiger partial charge in [-0.25, -0.2) is 8.42 Å². The molecule has 1 heterocycles. The van der Waals surface area contributed by atoms with Gasteiger partial charge in [-0.05, 0) is 12.1 Å². The molecule has 92 valence electrons. The molecule has 0 bridgehead atoms. The van der Waals surface area contributed by atoms with E-state index < -0.39 is 20.6 Å². The van der Waals surface area contributed by atoms with E-state index in [-0.39, 0.29) is 16.8 Å². The number of rotatable bonds is 1. The highest BCUT2D eigenvalue weighted by atomic mass is 32.2. The van der Waals surface area contributed by atoms with Crippen LogP contribution in [0.2, 0.25) is 0 Å². The van der Waals surface area contributed by atoms with Crippen molar-refractivity contribution in [2.45, 2.75) is 10.7 Å². The molecule has 2 aromatic rings. The van der Waals surface area contributed by atoms with Crippen molar-refractivity contribution in [3.63, 3.8) is 0 Å².